The minimum absolute atomic E-state index is 0.208. The van der Waals surface area contributed by atoms with Gasteiger partial charge in [0.1, 0.15) is 0 Å². The monoisotopic (exact) mass is 236 g/mol. The Morgan fingerprint density at radius 2 is 2.24 bits per heavy atom. The van der Waals surface area contributed by atoms with Crippen molar-refractivity contribution in [2.75, 3.05) is 13.2 Å². The SMILES string of the molecule is NC(=O)C(CCC1OCCO1)c1ccccn1. The van der Waals surface area contributed by atoms with Crippen LogP contribution in [0.15, 0.2) is 24.4 Å². The summed E-state index contributed by atoms with van der Waals surface area (Å²) in [5.74, 6) is -0.731. The average Bonchev–Trinajstić information content (AvgIpc) is 2.83. The Hall–Kier alpha value is -1.46. The largest absolute Gasteiger partial charge is 0.369 e. The molecule has 1 atom stereocenters. The third-order valence-corrected chi connectivity index (χ3v) is 2.77. The number of nitrogens with zero attached hydrogens (tertiary/aromatic N) is 1. The van der Waals surface area contributed by atoms with Crippen molar-refractivity contribution in [3.8, 4) is 0 Å². The normalized spacial score (nSPS) is 18.1. The van der Waals surface area contributed by atoms with Crippen molar-refractivity contribution >= 4 is 5.91 Å². The summed E-state index contributed by atoms with van der Waals surface area (Å²) in [6.07, 6.45) is 2.70. The Morgan fingerprint density at radius 1 is 1.47 bits per heavy atom. The van der Waals surface area contributed by atoms with E-state index in [9.17, 15) is 4.79 Å². The first-order chi connectivity index (χ1) is 8.27. The van der Waals surface area contributed by atoms with E-state index < -0.39 is 0 Å². The molecule has 92 valence electrons. The number of primary amides is 1. The molecule has 2 heterocycles. The number of amides is 1. The molecule has 1 aromatic rings. The maximum atomic E-state index is 11.4. The fourth-order valence-electron chi connectivity index (χ4n) is 1.89. The number of aromatic nitrogens is 1. The number of hydrogen-bond donors (Lipinski definition) is 1. The van der Waals surface area contributed by atoms with E-state index in [1.807, 2.05) is 18.2 Å². The molecular formula is C12H16N2O3. The topological polar surface area (TPSA) is 74.4 Å². The third-order valence-electron chi connectivity index (χ3n) is 2.77. The first-order valence-corrected chi connectivity index (χ1v) is 5.71. The molecular weight excluding hydrogens is 220 g/mol. The molecule has 1 aromatic heterocycles. The summed E-state index contributed by atoms with van der Waals surface area (Å²) < 4.78 is 10.6. The Morgan fingerprint density at radius 3 is 2.82 bits per heavy atom. The van der Waals surface area contributed by atoms with Gasteiger partial charge >= 0.3 is 0 Å². The van der Waals surface area contributed by atoms with E-state index in [0.29, 0.717) is 31.7 Å². The number of rotatable bonds is 5. The van der Waals surface area contributed by atoms with E-state index in [0.717, 1.165) is 0 Å². The van der Waals surface area contributed by atoms with Crippen molar-refractivity contribution in [1.29, 1.82) is 0 Å². The second-order valence-electron chi connectivity index (χ2n) is 3.96. The molecule has 2 N–H and O–H groups in total. The molecule has 1 amide bonds. The maximum absolute atomic E-state index is 11.4. The standard InChI is InChI=1S/C12H16N2O3/c13-12(15)9(10-3-1-2-6-14-10)4-5-11-16-7-8-17-11/h1-3,6,9,11H,4-5,7-8H2,(H2,13,15). The molecule has 1 saturated heterocycles. The zero-order chi connectivity index (χ0) is 12.1. The van der Waals surface area contributed by atoms with Crippen molar-refractivity contribution in [3.63, 3.8) is 0 Å². The summed E-state index contributed by atoms with van der Waals surface area (Å²) in [5.41, 5.74) is 6.10. The lowest BCUT2D eigenvalue weighted by molar-refractivity contribution is -0.120. The van der Waals surface area contributed by atoms with Gasteiger partial charge in [0.15, 0.2) is 6.29 Å². The lowest BCUT2D eigenvalue weighted by atomic mass is 9.98. The molecule has 5 heteroatoms. The van der Waals surface area contributed by atoms with Gasteiger partial charge in [-0.3, -0.25) is 9.78 Å². The molecule has 1 aliphatic rings. The fraction of sp³-hybridized carbons (Fsp3) is 0.500. The van der Waals surface area contributed by atoms with Crippen LogP contribution >= 0.6 is 0 Å². The Balaban J connectivity index is 1.95. The molecule has 1 fully saturated rings. The predicted octanol–water partition coefficient (Wildman–Crippen LogP) is 0.804. The molecule has 0 saturated carbocycles. The summed E-state index contributed by atoms with van der Waals surface area (Å²) in [4.78, 5) is 15.6. The van der Waals surface area contributed by atoms with Gasteiger partial charge in [-0.2, -0.15) is 0 Å². The lowest BCUT2D eigenvalue weighted by Gasteiger charge is -2.14. The van der Waals surface area contributed by atoms with Gasteiger partial charge in [0, 0.05) is 6.20 Å². The number of carbonyl (C=O) groups is 1. The van der Waals surface area contributed by atoms with Crippen LogP contribution in [0.1, 0.15) is 24.5 Å². The first kappa shape index (κ1) is 12.0. The van der Waals surface area contributed by atoms with E-state index in [1.54, 1.807) is 6.20 Å². The van der Waals surface area contributed by atoms with Crippen LogP contribution in [-0.4, -0.2) is 30.4 Å². The molecule has 0 bridgehead atoms. The van der Waals surface area contributed by atoms with Crippen LogP contribution in [0, 0.1) is 0 Å². The summed E-state index contributed by atoms with van der Waals surface area (Å²) in [5, 5.41) is 0. The zero-order valence-electron chi connectivity index (χ0n) is 9.54. The lowest BCUT2D eigenvalue weighted by Crippen LogP contribution is -2.23. The molecule has 0 spiro atoms. The van der Waals surface area contributed by atoms with Gasteiger partial charge in [-0.25, -0.2) is 0 Å². The maximum Gasteiger partial charge on any atom is 0.226 e. The van der Waals surface area contributed by atoms with Crippen LogP contribution in [0.3, 0.4) is 0 Å². The quantitative estimate of drug-likeness (QED) is 0.820. The molecule has 1 aliphatic heterocycles. The van der Waals surface area contributed by atoms with Gasteiger partial charge in [-0.1, -0.05) is 6.07 Å². The molecule has 0 radical (unpaired) electrons. The summed E-state index contributed by atoms with van der Waals surface area (Å²) in [6.45, 7) is 1.24. The van der Waals surface area contributed by atoms with Gasteiger partial charge in [0.05, 0.1) is 24.8 Å². The van der Waals surface area contributed by atoms with E-state index in [4.69, 9.17) is 15.2 Å². The van der Waals surface area contributed by atoms with Crippen LogP contribution in [0.4, 0.5) is 0 Å². The smallest absolute Gasteiger partial charge is 0.226 e. The van der Waals surface area contributed by atoms with Gasteiger partial charge in [-0.15, -0.1) is 0 Å². The van der Waals surface area contributed by atoms with Crippen LogP contribution in [0.2, 0.25) is 0 Å². The Kier molecular flexibility index (Phi) is 4.06. The number of pyridine rings is 1. The summed E-state index contributed by atoms with van der Waals surface area (Å²) in [6, 6.07) is 5.47. The second-order valence-corrected chi connectivity index (χ2v) is 3.96. The second kappa shape index (κ2) is 5.75. The molecule has 0 aliphatic carbocycles. The van der Waals surface area contributed by atoms with E-state index >= 15 is 0 Å². The molecule has 5 nitrogen and oxygen atoms in total. The van der Waals surface area contributed by atoms with Gasteiger partial charge in [0.2, 0.25) is 5.91 Å². The van der Waals surface area contributed by atoms with Crippen LogP contribution < -0.4 is 5.73 Å². The molecule has 0 aromatic carbocycles. The Bertz CT molecular complexity index is 363. The van der Waals surface area contributed by atoms with Crippen molar-refractivity contribution in [2.24, 2.45) is 5.73 Å². The summed E-state index contributed by atoms with van der Waals surface area (Å²) >= 11 is 0. The van der Waals surface area contributed by atoms with Crippen molar-refractivity contribution < 1.29 is 14.3 Å². The highest BCUT2D eigenvalue weighted by molar-refractivity contribution is 5.81. The minimum Gasteiger partial charge on any atom is -0.369 e. The van der Waals surface area contributed by atoms with Gasteiger partial charge in [0.25, 0.3) is 0 Å². The van der Waals surface area contributed by atoms with Crippen molar-refractivity contribution in [3.05, 3.63) is 30.1 Å². The molecule has 1 unspecified atom stereocenters. The third kappa shape index (κ3) is 3.25. The summed E-state index contributed by atoms with van der Waals surface area (Å²) in [7, 11) is 0. The van der Waals surface area contributed by atoms with E-state index in [2.05, 4.69) is 4.98 Å². The number of hydrogen-bond acceptors (Lipinski definition) is 4. The number of ether oxygens (including phenoxy) is 2. The minimum atomic E-state index is -0.371. The Labute approximate surface area is 99.9 Å². The van der Waals surface area contributed by atoms with Crippen LogP contribution in [-0.2, 0) is 14.3 Å². The van der Waals surface area contributed by atoms with Gasteiger partial charge < -0.3 is 15.2 Å². The van der Waals surface area contributed by atoms with E-state index in [-0.39, 0.29) is 18.1 Å². The predicted molar refractivity (Wildman–Crippen MR) is 61.1 cm³/mol. The first-order valence-electron chi connectivity index (χ1n) is 5.71. The highest BCUT2D eigenvalue weighted by Gasteiger charge is 2.23. The highest BCUT2D eigenvalue weighted by Crippen LogP contribution is 2.22. The molecule has 17 heavy (non-hydrogen) atoms. The number of nitrogens with two attached hydrogens (primary N) is 1. The average molecular weight is 236 g/mol. The van der Waals surface area contributed by atoms with Crippen LogP contribution in [0.25, 0.3) is 0 Å². The molecule has 2 rings (SSSR count). The van der Waals surface area contributed by atoms with Crippen molar-refractivity contribution in [1.82, 2.24) is 4.98 Å². The highest BCUT2D eigenvalue weighted by atomic mass is 16.7. The zero-order valence-corrected chi connectivity index (χ0v) is 9.54. The van der Waals surface area contributed by atoms with E-state index in [1.165, 1.54) is 0 Å². The van der Waals surface area contributed by atoms with Gasteiger partial charge in [-0.05, 0) is 25.0 Å². The van der Waals surface area contributed by atoms with Crippen molar-refractivity contribution in [2.45, 2.75) is 25.0 Å². The van der Waals surface area contributed by atoms with Crippen LogP contribution in [0.5, 0.6) is 0 Å². The fourth-order valence-corrected chi connectivity index (χ4v) is 1.89. The number of carbonyl (C=O) groups excluding carboxylic acids is 1.